The lowest BCUT2D eigenvalue weighted by atomic mass is 10.0. The number of carbonyl (C=O) groups is 1. The van der Waals surface area contributed by atoms with E-state index in [0.717, 1.165) is 25.1 Å². The monoisotopic (exact) mass is 258 g/mol. The van der Waals surface area contributed by atoms with Crippen LogP contribution in [0.2, 0.25) is 0 Å². The number of hydrogen-bond donors (Lipinski definition) is 1. The zero-order valence-electron chi connectivity index (χ0n) is 7.83. The van der Waals surface area contributed by atoms with Crippen LogP contribution in [0.15, 0.2) is 4.60 Å². The molecule has 0 aromatic carbocycles. The first-order valence-electron chi connectivity index (χ1n) is 4.57. The van der Waals surface area contributed by atoms with Crippen LogP contribution in [0.1, 0.15) is 29.7 Å². The van der Waals surface area contributed by atoms with Crippen LogP contribution in [0.3, 0.4) is 0 Å². The molecule has 0 saturated carbocycles. The summed E-state index contributed by atoms with van der Waals surface area (Å²) in [5.41, 5.74) is 1.01. The zero-order valence-corrected chi connectivity index (χ0v) is 9.41. The van der Waals surface area contributed by atoms with Crippen molar-refractivity contribution in [3.8, 4) is 0 Å². The molecular formula is C9H11BrN2O2. The predicted octanol–water partition coefficient (Wildman–Crippen LogP) is 1.93. The molecule has 1 aromatic heterocycles. The normalized spacial score (nSPS) is 20.6. The van der Waals surface area contributed by atoms with Gasteiger partial charge in [-0.1, -0.05) is 6.92 Å². The Morgan fingerprint density at radius 3 is 3.07 bits per heavy atom. The van der Waals surface area contributed by atoms with E-state index >= 15 is 0 Å². The van der Waals surface area contributed by atoms with E-state index in [0.29, 0.717) is 10.5 Å². The third-order valence-corrected chi connectivity index (χ3v) is 3.22. The molecule has 1 aliphatic heterocycles. The number of halogens is 1. The van der Waals surface area contributed by atoms with Crippen LogP contribution in [-0.2, 0) is 13.0 Å². The minimum absolute atomic E-state index is 0.151. The van der Waals surface area contributed by atoms with Gasteiger partial charge in [-0.3, -0.25) is 0 Å². The Balaban J connectivity index is 2.50. The van der Waals surface area contributed by atoms with Crippen molar-refractivity contribution in [2.75, 3.05) is 0 Å². The van der Waals surface area contributed by atoms with Crippen molar-refractivity contribution >= 4 is 21.9 Å². The molecule has 1 aromatic rings. The molecule has 1 aliphatic rings. The van der Waals surface area contributed by atoms with Crippen LogP contribution in [0.25, 0.3) is 0 Å². The molecule has 0 aliphatic carbocycles. The SMILES string of the molecule is CC1CCc2c(Br)nc(C(=O)O)n2C1. The van der Waals surface area contributed by atoms with Gasteiger partial charge in [-0.2, -0.15) is 0 Å². The van der Waals surface area contributed by atoms with Crippen molar-refractivity contribution in [1.82, 2.24) is 9.55 Å². The standard InChI is InChI=1S/C9H11BrN2O2/c1-5-2-3-6-7(10)11-8(9(13)14)12(6)4-5/h5H,2-4H2,1H3,(H,13,14). The van der Waals surface area contributed by atoms with Crippen molar-refractivity contribution in [3.63, 3.8) is 0 Å². The predicted molar refractivity (Wildman–Crippen MR) is 54.4 cm³/mol. The highest BCUT2D eigenvalue weighted by Gasteiger charge is 2.24. The highest BCUT2D eigenvalue weighted by Crippen LogP contribution is 2.27. The first-order valence-corrected chi connectivity index (χ1v) is 5.37. The van der Waals surface area contributed by atoms with Gasteiger partial charge in [0.15, 0.2) is 0 Å². The van der Waals surface area contributed by atoms with E-state index in [4.69, 9.17) is 5.11 Å². The lowest BCUT2D eigenvalue weighted by molar-refractivity contribution is 0.0675. The molecule has 1 unspecified atom stereocenters. The minimum Gasteiger partial charge on any atom is -0.475 e. The second kappa shape index (κ2) is 3.38. The van der Waals surface area contributed by atoms with E-state index in [2.05, 4.69) is 27.8 Å². The molecule has 0 amide bonds. The largest absolute Gasteiger partial charge is 0.475 e. The number of carboxylic acids is 1. The average molecular weight is 259 g/mol. The Morgan fingerprint density at radius 2 is 2.43 bits per heavy atom. The van der Waals surface area contributed by atoms with Crippen molar-refractivity contribution in [1.29, 1.82) is 0 Å². The van der Waals surface area contributed by atoms with Crippen LogP contribution in [0.4, 0.5) is 0 Å². The minimum atomic E-state index is -0.953. The molecule has 1 N–H and O–H groups in total. The number of fused-ring (bicyclic) bond motifs is 1. The molecule has 0 spiro atoms. The van der Waals surface area contributed by atoms with Gasteiger partial charge in [0.2, 0.25) is 5.82 Å². The molecule has 4 nitrogen and oxygen atoms in total. The van der Waals surface area contributed by atoms with Gasteiger partial charge in [0, 0.05) is 6.54 Å². The third-order valence-electron chi connectivity index (χ3n) is 2.58. The number of imidazole rings is 1. The van der Waals surface area contributed by atoms with E-state index in [1.807, 2.05) is 0 Å². The van der Waals surface area contributed by atoms with Gasteiger partial charge < -0.3 is 9.67 Å². The van der Waals surface area contributed by atoms with E-state index in [1.54, 1.807) is 4.57 Å². The summed E-state index contributed by atoms with van der Waals surface area (Å²) in [4.78, 5) is 14.9. The van der Waals surface area contributed by atoms with E-state index in [-0.39, 0.29) is 5.82 Å². The van der Waals surface area contributed by atoms with Crippen molar-refractivity contribution < 1.29 is 9.90 Å². The number of carboxylic acid groups (broad SMARTS) is 1. The summed E-state index contributed by atoms with van der Waals surface area (Å²) in [5.74, 6) is -0.272. The van der Waals surface area contributed by atoms with Crippen molar-refractivity contribution in [3.05, 3.63) is 16.1 Å². The van der Waals surface area contributed by atoms with Gasteiger partial charge in [0.05, 0.1) is 5.69 Å². The summed E-state index contributed by atoms with van der Waals surface area (Å²) in [7, 11) is 0. The molecule has 14 heavy (non-hydrogen) atoms. The Morgan fingerprint density at radius 1 is 1.71 bits per heavy atom. The maximum absolute atomic E-state index is 10.9. The average Bonchev–Trinajstić information content (AvgIpc) is 2.43. The van der Waals surface area contributed by atoms with E-state index < -0.39 is 5.97 Å². The van der Waals surface area contributed by atoms with Crippen LogP contribution in [0, 0.1) is 5.92 Å². The van der Waals surface area contributed by atoms with Gasteiger partial charge in [-0.25, -0.2) is 9.78 Å². The maximum atomic E-state index is 10.9. The van der Waals surface area contributed by atoms with Crippen LogP contribution in [0.5, 0.6) is 0 Å². The summed E-state index contributed by atoms with van der Waals surface area (Å²) in [6.07, 6.45) is 2.01. The summed E-state index contributed by atoms with van der Waals surface area (Å²) < 4.78 is 2.49. The fourth-order valence-corrected chi connectivity index (χ4v) is 2.42. The van der Waals surface area contributed by atoms with Gasteiger partial charge in [-0.05, 0) is 34.7 Å². The molecule has 5 heteroatoms. The van der Waals surface area contributed by atoms with Gasteiger partial charge in [0.1, 0.15) is 4.60 Å². The van der Waals surface area contributed by atoms with Gasteiger partial charge in [0.25, 0.3) is 0 Å². The van der Waals surface area contributed by atoms with Crippen LogP contribution < -0.4 is 0 Å². The molecule has 2 rings (SSSR count). The third kappa shape index (κ3) is 1.45. The lowest BCUT2D eigenvalue weighted by Gasteiger charge is -2.21. The van der Waals surface area contributed by atoms with E-state index in [1.165, 1.54) is 0 Å². The zero-order chi connectivity index (χ0) is 10.3. The maximum Gasteiger partial charge on any atom is 0.372 e. The van der Waals surface area contributed by atoms with E-state index in [9.17, 15) is 4.79 Å². The number of nitrogens with zero attached hydrogens (tertiary/aromatic N) is 2. The smallest absolute Gasteiger partial charge is 0.372 e. The summed E-state index contributed by atoms with van der Waals surface area (Å²) >= 11 is 3.30. The number of aromatic nitrogens is 2. The topological polar surface area (TPSA) is 55.1 Å². The summed E-state index contributed by atoms with van der Waals surface area (Å²) in [5, 5.41) is 8.94. The molecule has 0 saturated heterocycles. The number of hydrogen-bond acceptors (Lipinski definition) is 2. The molecule has 2 heterocycles. The summed E-state index contributed by atoms with van der Waals surface area (Å²) in [6, 6.07) is 0. The number of rotatable bonds is 1. The molecule has 76 valence electrons. The highest BCUT2D eigenvalue weighted by molar-refractivity contribution is 9.10. The molecular weight excluding hydrogens is 248 g/mol. The molecule has 0 bridgehead atoms. The molecule has 1 atom stereocenters. The lowest BCUT2D eigenvalue weighted by Crippen LogP contribution is -2.21. The van der Waals surface area contributed by atoms with Crippen molar-refractivity contribution in [2.45, 2.75) is 26.3 Å². The van der Waals surface area contributed by atoms with Crippen molar-refractivity contribution in [2.24, 2.45) is 5.92 Å². The first kappa shape index (κ1) is 9.71. The van der Waals surface area contributed by atoms with Gasteiger partial charge >= 0.3 is 5.97 Å². The quantitative estimate of drug-likeness (QED) is 0.838. The molecule has 0 radical (unpaired) electrons. The fourth-order valence-electron chi connectivity index (χ4n) is 1.84. The fraction of sp³-hybridized carbons (Fsp3) is 0.556. The Labute approximate surface area is 90.1 Å². The second-order valence-electron chi connectivity index (χ2n) is 3.73. The van der Waals surface area contributed by atoms with Crippen LogP contribution in [-0.4, -0.2) is 20.6 Å². The Hall–Kier alpha value is -0.840. The number of aromatic carboxylic acids is 1. The Bertz CT molecular complexity index is 386. The molecule has 0 fully saturated rings. The van der Waals surface area contributed by atoms with Gasteiger partial charge in [-0.15, -0.1) is 0 Å². The first-order chi connectivity index (χ1) is 6.59. The highest BCUT2D eigenvalue weighted by atomic mass is 79.9. The Kier molecular flexibility index (Phi) is 2.34. The second-order valence-corrected chi connectivity index (χ2v) is 4.48. The van der Waals surface area contributed by atoms with Crippen LogP contribution >= 0.6 is 15.9 Å². The summed E-state index contributed by atoms with van der Waals surface area (Å²) in [6.45, 7) is 2.89.